The molecular weight excluding hydrogens is 368 g/mol. The highest BCUT2D eigenvalue weighted by Crippen LogP contribution is 2.41. The van der Waals surface area contributed by atoms with E-state index >= 15 is 0 Å². The average molecular weight is 383 g/mol. The zero-order valence-corrected chi connectivity index (χ0v) is 13.7. The van der Waals surface area contributed by atoms with Gasteiger partial charge < -0.3 is 19.7 Å². The Hall–Kier alpha value is -2.89. The molecule has 0 bridgehead atoms. The lowest BCUT2D eigenvalue weighted by Crippen LogP contribution is -2.41. The molecule has 3 N–H and O–H groups in total. The first-order valence-electron chi connectivity index (χ1n) is 7.78. The molecule has 1 saturated heterocycles. The van der Waals surface area contributed by atoms with Gasteiger partial charge in [-0.2, -0.15) is 13.8 Å². The van der Waals surface area contributed by atoms with E-state index in [1.165, 1.54) is 12.1 Å². The van der Waals surface area contributed by atoms with Crippen molar-refractivity contribution < 1.29 is 33.3 Å². The fourth-order valence-corrected chi connectivity index (χ4v) is 2.50. The summed E-state index contributed by atoms with van der Waals surface area (Å²) in [4.78, 5) is 27.3. The van der Waals surface area contributed by atoms with E-state index in [0.29, 0.717) is 4.57 Å². The predicted molar refractivity (Wildman–Crippen MR) is 86.5 cm³/mol. The minimum Gasteiger partial charge on any atom is -0.410 e. The number of benzene rings is 1. The largest absolute Gasteiger partial charge is 0.418 e. The maximum Gasteiger partial charge on any atom is 0.418 e. The highest BCUT2D eigenvalue weighted by Gasteiger charge is 2.59. The Morgan fingerprint density at radius 2 is 2.04 bits per heavy atom. The molecule has 1 aliphatic heterocycles. The number of rotatable bonds is 4. The highest BCUT2D eigenvalue weighted by atomic mass is 19.3. The van der Waals surface area contributed by atoms with Crippen LogP contribution in [0, 0.1) is 0 Å². The minimum atomic E-state index is -3.82. The Balaban J connectivity index is 1.74. The number of nitrogens with zero attached hydrogens (tertiary/aromatic N) is 2. The van der Waals surface area contributed by atoms with Crippen molar-refractivity contribution in [2.75, 3.05) is 11.9 Å². The molecule has 9 nitrogen and oxygen atoms in total. The van der Waals surface area contributed by atoms with Crippen molar-refractivity contribution in [3.8, 4) is 5.75 Å². The molecule has 2 aromatic rings. The summed E-state index contributed by atoms with van der Waals surface area (Å²) in [6.07, 6.45) is -5.97. The highest BCUT2D eigenvalue weighted by molar-refractivity contribution is 5.84. The summed E-state index contributed by atoms with van der Waals surface area (Å²) in [6, 6.07) is 9.19. The minimum absolute atomic E-state index is 0.224. The zero-order valence-electron chi connectivity index (χ0n) is 13.7. The number of amides is 1. The number of nitrogens with one attached hydrogen (secondary N) is 1. The van der Waals surface area contributed by atoms with E-state index in [1.54, 1.807) is 18.2 Å². The molecule has 0 aliphatic carbocycles. The number of ether oxygens (including phenoxy) is 2. The number of alkyl halides is 2. The Bertz CT molecular complexity index is 876. The van der Waals surface area contributed by atoms with Crippen LogP contribution in [0.25, 0.3) is 0 Å². The fraction of sp³-hybridized carbons (Fsp3) is 0.312. The molecule has 27 heavy (non-hydrogen) atoms. The Labute approximate surface area is 150 Å². The van der Waals surface area contributed by atoms with E-state index in [2.05, 4.69) is 10.3 Å². The number of hydrogen-bond donors (Lipinski definition) is 3. The molecular formula is C16H15F2N3O6. The summed E-state index contributed by atoms with van der Waals surface area (Å²) >= 11 is 0. The number of carbonyl (C=O) groups excluding carboxylic acids is 1. The number of aliphatic hydroxyl groups is 2. The van der Waals surface area contributed by atoms with Crippen molar-refractivity contribution in [2.45, 2.75) is 24.4 Å². The third-order valence-electron chi connectivity index (χ3n) is 3.83. The van der Waals surface area contributed by atoms with E-state index in [0.717, 1.165) is 12.3 Å². The van der Waals surface area contributed by atoms with Gasteiger partial charge in [0.05, 0.1) is 6.61 Å². The number of para-hydroxylation sites is 1. The number of aliphatic hydroxyl groups excluding tert-OH is 2. The molecule has 0 spiro atoms. The van der Waals surface area contributed by atoms with E-state index in [1.807, 2.05) is 0 Å². The second-order valence-corrected chi connectivity index (χ2v) is 5.66. The number of aromatic nitrogens is 2. The lowest BCUT2D eigenvalue weighted by Gasteiger charge is -2.21. The molecule has 144 valence electrons. The summed E-state index contributed by atoms with van der Waals surface area (Å²) < 4.78 is 38.5. The summed E-state index contributed by atoms with van der Waals surface area (Å²) in [5, 5.41) is 20.7. The number of anilines is 1. The molecule has 3 atom stereocenters. The second kappa shape index (κ2) is 7.39. The van der Waals surface area contributed by atoms with Gasteiger partial charge in [0.1, 0.15) is 17.7 Å². The van der Waals surface area contributed by atoms with Crippen LogP contribution in [-0.2, 0) is 4.74 Å². The molecule has 0 radical (unpaired) electrons. The Morgan fingerprint density at radius 1 is 1.33 bits per heavy atom. The topological polar surface area (TPSA) is 123 Å². The van der Waals surface area contributed by atoms with Gasteiger partial charge in [0, 0.05) is 6.20 Å². The summed E-state index contributed by atoms with van der Waals surface area (Å²) in [5.74, 6) is -3.79. The summed E-state index contributed by atoms with van der Waals surface area (Å²) in [6.45, 7) is -0.847. The lowest BCUT2D eigenvalue weighted by atomic mass is 10.1. The maximum atomic E-state index is 14.1. The summed E-state index contributed by atoms with van der Waals surface area (Å²) in [5.41, 5.74) is -1.15. The molecule has 0 unspecified atom stereocenters. The van der Waals surface area contributed by atoms with Gasteiger partial charge in [-0.3, -0.25) is 9.88 Å². The van der Waals surface area contributed by atoms with Crippen molar-refractivity contribution in [3.63, 3.8) is 0 Å². The molecule has 3 rings (SSSR count). The van der Waals surface area contributed by atoms with Gasteiger partial charge in [-0.05, 0) is 18.2 Å². The van der Waals surface area contributed by atoms with E-state index in [9.17, 15) is 23.5 Å². The van der Waals surface area contributed by atoms with Gasteiger partial charge in [-0.1, -0.05) is 18.2 Å². The molecule has 0 saturated carbocycles. The quantitative estimate of drug-likeness (QED) is 0.712. The first-order valence-corrected chi connectivity index (χ1v) is 7.78. The van der Waals surface area contributed by atoms with Crippen LogP contribution in [0.15, 0.2) is 47.4 Å². The first kappa shape index (κ1) is 18.9. The molecule has 2 heterocycles. The SMILES string of the molecule is O=C(Nc1ccn([C@@H]2O[C@H](CO)[C@@H](O)C2(F)F)c(=O)n1)Oc1ccccc1. The molecule has 1 fully saturated rings. The monoisotopic (exact) mass is 383 g/mol. The van der Waals surface area contributed by atoms with Crippen LogP contribution in [0.2, 0.25) is 0 Å². The third kappa shape index (κ3) is 3.79. The van der Waals surface area contributed by atoms with Gasteiger partial charge in [0.2, 0.25) is 6.23 Å². The van der Waals surface area contributed by atoms with E-state index in [4.69, 9.17) is 14.6 Å². The predicted octanol–water partition coefficient (Wildman–Crippen LogP) is 0.740. The Kier molecular flexibility index (Phi) is 5.17. The van der Waals surface area contributed by atoms with E-state index in [-0.39, 0.29) is 11.6 Å². The van der Waals surface area contributed by atoms with Crippen LogP contribution in [-0.4, -0.2) is 50.6 Å². The zero-order chi connectivity index (χ0) is 19.6. The first-order chi connectivity index (χ1) is 12.8. The smallest absolute Gasteiger partial charge is 0.410 e. The maximum absolute atomic E-state index is 14.1. The fourth-order valence-electron chi connectivity index (χ4n) is 2.50. The third-order valence-corrected chi connectivity index (χ3v) is 3.83. The van der Waals surface area contributed by atoms with Crippen LogP contribution in [0.3, 0.4) is 0 Å². The van der Waals surface area contributed by atoms with E-state index < -0.39 is 42.7 Å². The van der Waals surface area contributed by atoms with Gasteiger partial charge in [0.15, 0.2) is 6.10 Å². The van der Waals surface area contributed by atoms with Crippen LogP contribution in [0.5, 0.6) is 5.75 Å². The van der Waals surface area contributed by atoms with Crippen LogP contribution in [0.4, 0.5) is 19.4 Å². The van der Waals surface area contributed by atoms with Crippen molar-refractivity contribution >= 4 is 11.9 Å². The van der Waals surface area contributed by atoms with Crippen molar-refractivity contribution in [1.82, 2.24) is 9.55 Å². The molecule has 1 aliphatic rings. The van der Waals surface area contributed by atoms with Gasteiger partial charge in [0.25, 0.3) is 0 Å². The molecule has 1 aromatic carbocycles. The van der Waals surface area contributed by atoms with Gasteiger partial charge >= 0.3 is 17.7 Å². The van der Waals surface area contributed by atoms with Crippen molar-refractivity contribution in [3.05, 3.63) is 53.1 Å². The second-order valence-electron chi connectivity index (χ2n) is 5.66. The molecule has 1 amide bonds. The lowest BCUT2D eigenvalue weighted by molar-refractivity contribution is -0.140. The number of carbonyl (C=O) groups is 1. The molecule has 11 heteroatoms. The van der Waals surface area contributed by atoms with Crippen LogP contribution < -0.4 is 15.7 Å². The van der Waals surface area contributed by atoms with Gasteiger partial charge in [-0.15, -0.1) is 0 Å². The number of halogens is 2. The van der Waals surface area contributed by atoms with Crippen LogP contribution in [0.1, 0.15) is 6.23 Å². The summed E-state index contributed by atoms with van der Waals surface area (Å²) in [7, 11) is 0. The van der Waals surface area contributed by atoms with Crippen molar-refractivity contribution in [2.24, 2.45) is 0 Å². The normalized spacial score (nSPS) is 23.8. The van der Waals surface area contributed by atoms with Gasteiger partial charge in [-0.25, -0.2) is 9.59 Å². The van der Waals surface area contributed by atoms with Crippen molar-refractivity contribution in [1.29, 1.82) is 0 Å². The van der Waals surface area contributed by atoms with Crippen LogP contribution >= 0.6 is 0 Å². The average Bonchev–Trinajstić information content (AvgIpc) is 2.86. The standard InChI is InChI=1S/C16H15F2N3O6/c17-16(18)12(23)10(8-22)27-13(16)21-7-6-11(19-14(21)24)20-15(25)26-9-4-2-1-3-5-9/h1-7,10,12-13,22-23H,8H2,(H,19,20,24,25)/t10-,12-,13-/m1/s1. The number of hydrogen-bond acceptors (Lipinski definition) is 7. The Morgan fingerprint density at radius 3 is 2.63 bits per heavy atom. The molecule has 1 aromatic heterocycles.